The molecule has 2 aromatic rings. The lowest BCUT2D eigenvalue weighted by atomic mass is 10.1. The van der Waals surface area contributed by atoms with E-state index in [2.05, 4.69) is 42.5 Å². The van der Waals surface area contributed by atoms with Crippen LogP contribution in [0.4, 0.5) is 5.82 Å². The lowest BCUT2D eigenvalue weighted by molar-refractivity contribution is 0.715. The fourth-order valence-corrected chi connectivity index (χ4v) is 2.16. The Kier molecular flexibility index (Phi) is 3.38. The van der Waals surface area contributed by atoms with E-state index in [9.17, 15) is 0 Å². The van der Waals surface area contributed by atoms with Crippen LogP contribution >= 0.6 is 11.8 Å². The minimum atomic E-state index is 0.297. The molecule has 1 aromatic heterocycles. The fourth-order valence-electron chi connectivity index (χ4n) is 1.76. The third-order valence-electron chi connectivity index (χ3n) is 2.60. The molecule has 17 heavy (non-hydrogen) atoms. The van der Waals surface area contributed by atoms with Crippen LogP contribution in [-0.2, 0) is 0 Å². The van der Waals surface area contributed by atoms with Gasteiger partial charge >= 0.3 is 0 Å². The lowest BCUT2D eigenvalue weighted by Gasteiger charge is -2.09. The second-order valence-electron chi connectivity index (χ2n) is 4.12. The average molecular weight is 248 g/mol. The highest BCUT2D eigenvalue weighted by atomic mass is 32.2. The van der Waals surface area contributed by atoms with Crippen molar-refractivity contribution in [3.05, 3.63) is 30.0 Å². The normalized spacial score (nSPS) is 11.1. The molecule has 0 aliphatic carbocycles. The van der Waals surface area contributed by atoms with Crippen molar-refractivity contribution in [3.63, 3.8) is 0 Å². The van der Waals surface area contributed by atoms with Crippen molar-refractivity contribution < 1.29 is 0 Å². The highest BCUT2D eigenvalue weighted by Gasteiger charge is 2.14. The molecule has 0 aliphatic heterocycles. The van der Waals surface area contributed by atoms with Gasteiger partial charge in [0.05, 0.1) is 11.4 Å². The predicted octanol–water partition coefficient (Wildman–Crippen LogP) is 2.69. The summed E-state index contributed by atoms with van der Waals surface area (Å²) >= 11 is 1.72. The molecule has 1 aromatic carbocycles. The van der Waals surface area contributed by atoms with E-state index < -0.39 is 0 Å². The van der Waals surface area contributed by atoms with Crippen LogP contribution in [-0.4, -0.2) is 21.2 Å². The number of anilines is 1. The van der Waals surface area contributed by atoms with Gasteiger partial charge in [-0.1, -0.05) is 19.1 Å². The van der Waals surface area contributed by atoms with Crippen molar-refractivity contribution in [2.45, 2.75) is 24.7 Å². The number of thioether (sulfide) groups is 1. The topological polar surface area (TPSA) is 56.7 Å². The van der Waals surface area contributed by atoms with Gasteiger partial charge in [-0.25, -0.2) is 4.68 Å². The quantitative estimate of drug-likeness (QED) is 0.848. The summed E-state index contributed by atoms with van der Waals surface area (Å²) in [5, 5.41) is 8.04. The van der Waals surface area contributed by atoms with Gasteiger partial charge < -0.3 is 5.73 Å². The summed E-state index contributed by atoms with van der Waals surface area (Å²) in [6.45, 7) is 4.17. The molecule has 2 rings (SSSR count). The minimum absolute atomic E-state index is 0.297. The SMILES string of the molecule is CSc1ccc(-n2nnc(N)c2C(C)C)cc1. The van der Waals surface area contributed by atoms with Gasteiger partial charge in [-0.3, -0.25) is 0 Å². The average Bonchev–Trinajstić information content (AvgIpc) is 2.71. The number of hydrogen-bond donors (Lipinski definition) is 1. The summed E-state index contributed by atoms with van der Waals surface area (Å²) in [7, 11) is 0. The maximum absolute atomic E-state index is 5.84. The van der Waals surface area contributed by atoms with Crippen LogP contribution in [0.3, 0.4) is 0 Å². The molecule has 0 bridgehead atoms. The summed E-state index contributed by atoms with van der Waals surface area (Å²) in [5.74, 6) is 0.805. The van der Waals surface area contributed by atoms with Crippen LogP contribution in [0.5, 0.6) is 0 Å². The van der Waals surface area contributed by atoms with Crippen LogP contribution in [0.15, 0.2) is 29.2 Å². The molecule has 0 saturated carbocycles. The standard InChI is InChI=1S/C12H16N4S/c1-8(2)11-12(13)14-15-16(11)9-4-6-10(17-3)7-5-9/h4-8H,13H2,1-3H3. The maximum Gasteiger partial charge on any atom is 0.169 e. The van der Waals surface area contributed by atoms with E-state index in [0.717, 1.165) is 11.4 Å². The van der Waals surface area contributed by atoms with Crippen LogP contribution in [0, 0.1) is 0 Å². The summed E-state index contributed by atoms with van der Waals surface area (Å²) in [6, 6.07) is 8.21. The first-order chi connectivity index (χ1) is 8.13. The number of nitrogens with zero attached hydrogens (tertiary/aromatic N) is 3. The van der Waals surface area contributed by atoms with Crippen molar-refractivity contribution >= 4 is 17.6 Å². The van der Waals surface area contributed by atoms with Crippen molar-refractivity contribution in [2.75, 3.05) is 12.0 Å². The number of hydrogen-bond acceptors (Lipinski definition) is 4. The van der Waals surface area contributed by atoms with Gasteiger partial charge in [-0.15, -0.1) is 16.9 Å². The number of nitrogens with two attached hydrogens (primary N) is 1. The van der Waals surface area contributed by atoms with Crippen molar-refractivity contribution in [1.29, 1.82) is 0 Å². The molecule has 0 fully saturated rings. The van der Waals surface area contributed by atoms with Crippen LogP contribution < -0.4 is 5.73 Å². The Morgan fingerprint density at radius 1 is 1.24 bits per heavy atom. The summed E-state index contributed by atoms with van der Waals surface area (Å²) in [6.07, 6.45) is 2.06. The van der Waals surface area contributed by atoms with E-state index in [1.54, 1.807) is 11.8 Å². The third-order valence-corrected chi connectivity index (χ3v) is 3.34. The first kappa shape index (κ1) is 12.0. The Bertz CT molecular complexity index is 502. The second-order valence-corrected chi connectivity index (χ2v) is 5.00. The van der Waals surface area contributed by atoms with E-state index in [1.807, 2.05) is 16.8 Å². The van der Waals surface area contributed by atoms with Crippen LogP contribution in [0.25, 0.3) is 5.69 Å². The van der Waals surface area contributed by atoms with Crippen molar-refractivity contribution in [2.24, 2.45) is 0 Å². The molecule has 1 heterocycles. The summed E-state index contributed by atoms with van der Waals surface area (Å²) in [5.41, 5.74) is 7.79. The molecule has 0 amide bonds. The van der Waals surface area contributed by atoms with Crippen molar-refractivity contribution in [1.82, 2.24) is 15.0 Å². The molecule has 90 valence electrons. The van der Waals surface area contributed by atoms with Gasteiger partial charge in [0.15, 0.2) is 5.82 Å². The summed E-state index contributed by atoms with van der Waals surface area (Å²) < 4.78 is 1.81. The van der Waals surface area contributed by atoms with E-state index in [-0.39, 0.29) is 0 Å². The molecular weight excluding hydrogens is 232 g/mol. The van der Waals surface area contributed by atoms with Gasteiger partial charge in [0, 0.05) is 4.90 Å². The number of benzene rings is 1. The fraction of sp³-hybridized carbons (Fsp3) is 0.333. The van der Waals surface area contributed by atoms with E-state index in [4.69, 9.17) is 5.73 Å². The number of nitrogen functional groups attached to an aromatic ring is 1. The van der Waals surface area contributed by atoms with E-state index in [1.165, 1.54) is 4.90 Å². The Labute approximate surface area is 105 Å². The summed E-state index contributed by atoms with van der Waals surface area (Å²) in [4.78, 5) is 1.23. The smallest absolute Gasteiger partial charge is 0.169 e. The van der Waals surface area contributed by atoms with Gasteiger partial charge in [0.2, 0.25) is 0 Å². The maximum atomic E-state index is 5.84. The molecule has 2 N–H and O–H groups in total. The first-order valence-electron chi connectivity index (χ1n) is 5.49. The molecule has 0 saturated heterocycles. The first-order valence-corrected chi connectivity index (χ1v) is 6.71. The Morgan fingerprint density at radius 3 is 2.41 bits per heavy atom. The van der Waals surface area contributed by atoms with Gasteiger partial charge in [-0.05, 0) is 36.4 Å². The van der Waals surface area contributed by atoms with Crippen LogP contribution in [0.1, 0.15) is 25.5 Å². The largest absolute Gasteiger partial charge is 0.381 e. The highest BCUT2D eigenvalue weighted by Crippen LogP contribution is 2.24. The third kappa shape index (κ3) is 2.29. The van der Waals surface area contributed by atoms with E-state index >= 15 is 0 Å². The van der Waals surface area contributed by atoms with Gasteiger partial charge in [-0.2, -0.15) is 0 Å². The molecule has 0 atom stereocenters. The Hall–Kier alpha value is -1.49. The van der Waals surface area contributed by atoms with Gasteiger partial charge in [0.25, 0.3) is 0 Å². The molecule has 4 nitrogen and oxygen atoms in total. The lowest BCUT2D eigenvalue weighted by Crippen LogP contribution is -2.05. The Balaban J connectivity index is 2.45. The Morgan fingerprint density at radius 2 is 1.88 bits per heavy atom. The molecule has 0 spiro atoms. The minimum Gasteiger partial charge on any atom is -0.381 e. The van der Waals surface area contributed by atoms with Crippen molar-refractivity contribution in [3.8, 4) is 5.69 Å². The monoisotopic (exact) mass is 248 g/mol. The van der Waals surface area contributed by atoms with E-state index in [0.29, 0.717) is 11.7 Å². The van der Waals surface area contributed by atoms with Gasteiger partial charge in [0.1, 0.15) is 0 Å². The zero-order valence-corrected chi connectivity index (χ0v) is 11.0. The molecular formula is C12H16N4S. The number of aromatic nitrogens is 3. The molecule has 0 aliphatic rings. The molecule has 5 heteroatoms. The van der Waals surface area contributed by atoms with Crippen LogP contribution in [0.2, 0.25) is 0 Å². The zero-order chi connectivity index (χ0) is 12.4. The predicted molar refractivity (Wildman–Crippen MR) is 71.6 cm³/mol. The number of rotatable bonds is 3. The zero-order valence-electron chi connectivity index (χ0n) is 10.2. The highest BCUT2D eigenvalue weighted by molar-refractivity contribution is 7.98. The molecule has 0 radical (unpaired) electrons. The molecule has 0 unspecified atom stereocenters. The second kappa shape index (κ2) is 4.79.